The molecule has 1 fully saturated rings. The number of hydrogen-bond donors (Lipinski definition) is 0. The summed E-state index contributed by atoms with van der Waals surface area (Å²) < 4.78 is 0. The highest BCUT2D eigenvalue weighted by atomic mass is 79.9. The average molecular weight is 360 g/mol. The Hall–Kier alpha value is -0.0500. The number of rotatable bonds is 6. The first kappa shape index (κ1) is 19.0. The summed E-state index contributed by atoms with van der Waals surface area (Å²) in [6.07, 6.45) is 6.72. The number of amides is 1. The maximum atomic E-state index is 12.9. The van der Waals surface area contributed by atoms with E-state index in [1.807, 2.05) is 0 Å². The molecule has 0 unspecified atom stereocenters. The Kier molecular flexibility index (Phi) is 7.73. The maximum absolute atomic E-state index is 12.9. The molecule has 0 N–H and O–H groups in total. The van der Waals surface area contributed by atoms with Crippen molar-refractivity contribution in [2.75, 3.05) is 11.9 Å². The minimum atomic E-state index is 0.267. The fourth-order valence-electron chi connectivity index (χ4n) is 3.73. The van der Waals surface area contributed by atoms with Crippen molar-refractivity contribution < 1.29 is 4.79 Å². The second-order valence-electron chi connectivity index (χ2n) is 7.61. The third kappa shape index (κ3) is 5.26. The summed E-state index contributed by atoms with van der Waals surface area (Å²) in [7, 11) is 0. The van der Waals surface area contributed by atoms with Crippen molar-refractivity contribution in [1.29, 1.82) is 0 Å². The van der Waals surface area contributed by atoms with Gasteiger partial charge in [0.05, 0.1) is 0 Å². The molecular weight excluding hydrogens is 326 g/mol. The first-order chi connectivity index (χ1) is 9.85. The van der Waals surface area contributed by atoms with E-state index in [0.29, 0.717) is 17.4 Å². The predicted octanol–water partition coefficient (Wildman–Crippen LogP) is 5.25. The highest BCUT2D eigenvalue weighted by Gasteiger charge is 2.34. The lowest BCUT2D eigenvalue weighted by molar-refractivity contribution is -0.139. The highest BCUT2D eigenvalue weighted by molar-refractivity contribution is 9.09. The van der Waals surface area contributed by atoms with Crippen molar-refractivity contribution in [3.05, 3.63) is 0 Å². The molecule has 0 aliphatic heterocycles. The van der Waals surface area contributed by atoms with Crippen molar-refractivity contribution in [2.45, 2.75) is 79.2 Å². The van der Waals surface area contributed by atoms with Crippen molar-refractivity contribution in [1.82, 2.24) is 4.90 Å². The fraction of sp³-hybridized carbons (Fsp3) is 0.944. The van der Waals surface area contributed by atoms with Crippen LogP contribution in [0, 0.1) is 17.3 Å². The zero-order chi connectivity index (χ0) is 16.0. The van der Waals surface area contributed by atoms with E-state index in [1.165, 1.54) is 12.8 Å². The summed E-state index contributed by atoms with van der Waals surface area (Å²) in [6, 6.07) is 0.412. The molecule has 0 saturated heterocycles. The Balaban J connectivity index is 2.65. The van der Waals surface area contributed by atoms with Gasteiger partial charge in [0, 0.05) is 23.8 Å². The molecule has 1 aliphatic carbocycles. The summed E-state index contributed by atoms with van der Waals surface area (Å²) in [4.78, 5) is 15.1. The fourth-order valence-corrected chi connectivity index (χ4v) is 4.12. The molecule has 0 aromatic carbocycles. The SMILES string of the molecule is CCC(CC)N(CCBr)C(=O)C1CCC(C(C)(C)C)CC1. The lowest BCUT2D eigenvalue weighted by atomic mass is 9.69. The quantitative estimate of drug-likeness (QED) is 0.593. The molecule has 0 spiro atoms. The van der Waals surface area contributed by atoms with Crippen molar-refractivity contribution in [3.63, 3.8) is 0 Å². The molecule has 0 heterocycles. The number of halogens is 1. The molecule has 0 aromatic heterocycles. The molecule has 0 bridgehead atoms. The smallest absolute Gasteiger partial charge is 0.225 e. The molecule has 1 rings (SSSR count). The van der Waals surface area contributed by atoms with Gasteiger partial charge in [0.15, 0.2) is 0 Å². The van der Waals surface area contributed by atoms with Crippen LogP contribution in [0.4, 0.5) is 0 Å². The van der Waals surface area contributed by atoms with Crippen molar-refractivity contribution in [3.8, 4) is 0 Å². The van der Waals surface area contributed by atoms with Gasteiger partial charge in [0.1, 0.15) is 0 Å². The van der Waals surface area contributed by atoms with Crippen LogP contribution in [0.1, 0.15) is 73.1 Å². The van der Waals surface area contributed by atoms with Gasteiger partial charge < -0.3 is 4.90 Å². The van der Waals surface area contributed by atoms with Gasteiger partial charge in [-0.05, 0) is 49.9 Å². The van der Waals surface area contributed by atoms with E-state index >= 15 is 0 Å². The van der Waals surface area contributed by atoms with E-state index in [2.05, 4.69) is 55.4 Å². The first-order valence-corrected chi connectivity index (χ1v) is 9.83. The summed E-state index contributed by atoms with van der Waals surface area (Å²) in [5.41, 5.74) is 0.388. The summed E-state index contributed by atoms with van der Waals surface area (Å²) in [5.74, 6) is 1.46. The van der Waals surface area contributed by atoms with Crippen LogP contribution < -0.4 is 0 Å². The van der Waals surface area contributed by atoms with Gasteiger partial charge in [-0.2, -0.15) is 0 Å². The van der Waals surface area contributed by atoms with Crippen LogP contribution >= 0.6 is 15.9 Å². The molecular formula is C18H34BrNO. The molecule has 0 aromatic rings. The third-order valence-electron chi connectivity index (χ3n) is 5.29. The first-order valence-electron chi connectivity index (χ1n) is 8.71. The van der Waals surface area contributed by atoms with E-state index in [-0.39, 0.29) is 5.92 Å². The minimum Gasteiger partial charge on any atom is -0.339 e. The van der Waals surface area contributed by atoms with E-state index in [9.17, 15) is 4.79 Å². The molecule has 3 heteroatoms. The number of carbonyl (C=O) groups is 1. The Labute approximate surface area is 140 Å². The minimum absolute atomic E-state index is 0.267. The Morgan fingerprint density at radius 2 is 1.67 bits per heavy atom. The Morgan fingerprint density at radius 1 is 1.14 bits per heavy atom. The zero-order valence-electron chi connectivity index (χ0n) is 14.6. The third-order valence-corrected chi connectivity index (χ3v) is 5.65. The van der Waals surface area contributed by atoms with Gasteiger partial charge in [-0.1, -0.05) is 50.5 Å². The predicted molar refractivity (Wildman–Crippen MR) is 94.8 cm³/mol. The summed E-state index contributed by atoms with van der Waals surface area (Å²) in [5, 5.41) is 0.882. The lowest BCUT2D eigenvalue weighted by Crippen LogP contribution is -2.45. The molecule has 1 saturated carbocycles. The summed E-state index contributed by atoms with van der Waals surface area (Å²) in [6.45, 7) is 12.2. The van der Waals surface area contributed by atoms with Crippen molar-refractivity contribution in [2.24, 2.45) is 17.3 Å². The molecule has 1 aliphatic rings. The van der Waals surface area contributed by atoms with Crippen LogP contribution in [0.5, 0.6) is 0 Å². The molecule has 0 atom stereocenters. The van der Waals surface area contributed by atoms with Gasteiger partial charge in [-0.3, -0.25) is 4.79 Å². The van der Waals surface area contributed by atoms with Crippen LogP contribution in [-0.4, -0.2) is 28.7 Å². The normalized spacial score (nSPS) is 23.4. The zero-order valence-corrected chi connectivity index (χ0v) is 16.2. The van der Waals surface area contributed by atoms with Crippen LogP contribution in [0.15, 0.2) is 0 Å². The number of carbonyl (C=O) groups excluding carboxylic acids is 1. The van der Waals surface area contributed by atoms with Gasteiger partial charge in [0.25, 0.3) is 0 Å². The molecule has 1 amide bonds. The van der Waals surface area contributed by atoms with Gasteiger partial charge in [0.2, 0.25) is 5.91 Å². The van der Waals surface area contributed by atoms with Crippen LogP contribution in [0.25, 0.3) is 0 Å². The lowest BCUT2D eigenvalue weighted by Gasteiger charge is -2.39. The largest absolute Gasteiger partial charge is 0.339 e. The van der Waals surface area contributed by atoms with E-state index in [0.717, 1.165) is 43.5 Å². The number of alkyl halides is 1. The van der Waals surface area contributed by atoms with E-state index < -0.39 is 0 Å². The van der Waals surface area contributed by atoms with Crippen molar-refractivity contribution >= 4 is 21.8 Å². The topological polar surface area (TPSA) is 20.3 Å². The standard InChI is InChI=1S/C18H34BrNO/c1-6-16(7-2)20(13-12-19)17(21)14-8-10-15(11-9-14)18(3,4)5/h14-16H,6-13H2,1-5H3. The Bertz CT molecular complexity index is 312. The maximum Gasteiger partial charge on any atom is 0.225 e. The van der Waals surface area contributed by atoms with Crippen LogP contribution in [-0.2, 0) is 4.79 Å². The number of hydrogen-bond acceptors (Lipinski definition) is 1. The second kappa shape index (κ2) is 8.55. The number of nitrogens with zero attached hydrogens (tertiary/aromatic N) is 1. The average Bonchev–Trinajstić information content (AvgIpc) is 2.46. The van der Waals surface area contributed by atoms with Crippen LogP contribution in [0.2, 0.25) is 0 Å². The molecule has 0 radical (unpaired) electrons. The molecule has 21 heavy (non-hydrogen) atoms. The highest BCUT2D eigenvalue weighted by Crippen LogP contribution is 2.40. The molecule has 124 valence electrons. The van der Waals surface area contributed by atoms with Gasteiger partial charge in [-0.25, -0.2) is 0 Å². The molecule has 2 nitrogen and oxygen atoms in total. The second-order valence-corrected chi connectivity index (χ2v) is 8.40. The van der Waals surface area contributed by atoms with Crippen LogP contribution in [0.3, 0.4) is 0 Å². The Morgan fingerprint density at radius 3 is 2.05 bits per heavy atom. The van der Waals surface area contributed by atoms with E-state index in [1.54, 1.807) is 0 Å². The summed E-state index contributed by atoms with van der Waals surface area (Å²) >= 11 is 3.51. The van der Waals surface area contributed by atoms with Gasteiger partial charge in [-0.15, -0.1) is 0 Å². The van der Waals surface area contributed by atoms with Gasteiger partial charge >= 0.3 is 0 Å². The monoisotopic (exact) mass is 359 g/mol. The van der Waals surface area contributed by atoms with E-state index in [4.69, 9.17) is 0 Å².